The maximum Gasteiger partial charge on any atom is 0.258 e. The number of hydrogen-bond donors (Lipinski definition) is 4. The zero-order chi connectivity index (χ0) is 52.1. The van der Waals surface area contributed by atoms with Gasteiger partial charge in [-0.15, -0.1) is 34.8 Å². The van der Waals surface area contributed by atoms with E-state index >= 15 is 0 Å². The third-order valence-corrected chi connectivity index (χ3v) is 11.7. The van der Waals surface area contributed by atoms with E-state index in [-0.39, 0.29) is 43.9 Å². The number of nitrogens with zero attached hydrogens (tertiary/aromatic N) is 4. The van der Waals surface area contributed by atoms with Gasteiger partial charge in [0.1, 0.15) is 11.5 Å². The number of ether oxygens (including phenoxy) is 2. The number of alkyl halides is 3. The molecule has 5 aromatic carbocycles. The van der Waals surface area contributed by atoms with Gasteiger partial charge in [-0.25, -0.2) is 0 Å². The van der Waals surface area contributed by atoms with Crippen LogP contribution in [0.5, 0.6) is 11.5 Å². The topological polar surface area (TPSA) is 218 Å². The summed E-state index contributed by atoms with van der Waals surface area (Å²) in [4.78, 5) is 79.7. The van der Waals surface area contributed by atoms with Crippen molar-refractivity contribution in [3.63, 3.8) is 0 Å². The number of azo groups is 2. The number of para-hydroxylation sites is 2. The van der Waals surface area contributed by atoms with E-state index in [1.807, 2.05) is 0 Å². The van der Waals surface area contributed by atoms with E-state index in [1.54, 1.807) is 71.0 Å². The number of nitrogens with one attached hydrogen (secondary N) is 4. The number of amides is 4. The van der Waals surface area contributed by atoms with Crippen LogP contribution in [0.1, 0.15) is 102 Å². The van der Waals surface area contributed by atoms with E-state index in [0.29, 0.717) is 52.8 Å². The standard InChI is InChI=1S/C50H49Cl5N8O8/c1-8-70-41-14-10-12-33(25(3)51)45(41)58-47(66)36-23-31(16-19-38(36)54)60-62-43(28(6)64)49(68)56-30-18-21-40(35(22-30)27(5)53)57-50(69)44(29(7)65)63-61-32-17-20-39(55)37(24-32)48(67)59-46-34(26(4)52)13-11-15-42(46)71-9-2/h10-27,43-44H,8-9H2,1-7H3,(H,56,68)(H,57,69)(H,58,66)(H,59,67). The van der Waals surface area contributed by atoms with E-state index in [4.69, 9.17) is 67.5 Å². The van der Waals surface area contributed by atoms with Crippen molar-refractivity contribution < 1.29 is 38.2 Å². The highest BCUT2D eigenvalue weighted by Crippen LogP contribution is 2.38. The number of Topliss-reactive ketones (excluding diaryl/α,β-unsaturated/α-hetero) is 2. The van der Waals surface area contributed by atoms with Crippen molar-refractivity contribution in [2.75, 3.05) is 34.5 Å². The summed E-state index contributed by atoms with van der Waals surface area (Å²) < 4.78 is 11.4. The maximum absolute atomic E-state index is 13.6. The fourth-order valence-electron chi connectivity index (χ4n) is 6.82. The van der Waals surface area contributed by atoms with Crippen molar-refractivity contribution in [1.29, 1.82) is 0 Å². The molecule has 4 N–H and O–H groups in total. The van der Waals surface area contributed by atoms with Crippen molar-refractivity contribution in [2.45, 2.75) is 76.7 Å². The Morgan fingerprint density at radius 2 is 0.958 bits per heavy atom. The van der Waals surface area contributed by atoms with Gasteiger partial charge in [0.15, 0.2) is 11.6 Å². The molecule has 5 aromatic rings. The maximum atomic E-state index is 13.6. The molecular weight excluding hydrogens is 1020 g/mol. The molecule has 0 aliphatic rings. The number of carbonyl (C=O) groups excluding carboxylic acids is 6. The van der Waals surface area contributed by atoms with Crippen molar-refractivity contribution in [3.05, 3.63) is 129 Å². The van der Waals surface area contributed by atoms with Crippen LogP contribution in [0, 0.1) is 0 Å². The molecule has 0 aliphatic heterocycles. The molecule has 0 spiro atoms. The minimum atomic E-state index is -1.64. The number of anilines is 4. The molecule has 0 aliphatic carbocycles. The average Bonchev–Trinajstić information content (AvgIpc) is 3.31. The molecule has 5 unspecified atom stereocenters. The van der Waals surface area contributed by atoms with E-state index in [0.717, 1.165) is 13.8 Å². The van der Waals surface area contributed by atoms with Crippen LogP contribution < -0.4 is 30.7 Å². The lowest BCUT2D eigenvalue weighted by Gasteiger charge is -2.18. The lowest BCUT2D eigenvalue weighted by Crippen LogP contribution is -2.32. The second kappa shape index (κ2) is 25.6. The van der Waals surface area contributed by atoms with Gasteiger partial charge < -0.3 is 30.7 Å². The molecule has 0 fully saturated rings. The van der Waals surface area contributed by atoms with Gasteiger partial charge in [0, 0.05) is 11.4 Å². The number of rotatable bonds is 21. The van der Waals surface area contributed by atoms with Crippen LogP contribution in [0.2, 0.25) is 10.0 Å². The fraction of sp³-hybridized carbons (Fsp3) is 0.280. The summed E-state index contributed by atoms with van der Waals surface area (Å²) in [5.74, 6) is -3.39. The lowest BCUT2D eigenvalue weighted by atomic mass is 10.1. The van der Waals surface area contributed by atoms with Crippen LogP contribution in [0.25, 0.3) is 0 Å². The van der Waals surface area contributed by atoms with Crippen molar-refractivity contribution in [3.8, 4) is 11.5 Å². The first-order valence-electron chi connectivity index (χ1n) is 22.0. The van der Waals surface area contributed by atoms with Crippen LogP contribution in [0.15, 0.2) is 111 Å². The van der Waals surface area contributed by atoms with Crippen molar-refractivity contribution >= 4 is 127 Å². The summed E-state index contributed by atoms with van der Waals surface area (Å²) in [6.07, 6.45) is 0. The van der Waals surface area contributed by atoms with Gasteiger partial charge in [-0.2, -0.15) is 20.5 Å². The third-order valence-electron chi connectivity index (χ3n) is 10.3. The van der Waals surface area contributed by atoms with Gasteiger partial charge in [0.2, 0.25) is 12.1 Å². The Morgan fingerprint density at radius 1 is 0.535 bits per heavy atom. The summed E-state index contributed by atoms with van der Waals surface area (Å²) in [5, 5.41) is 25.6. The molecule has 0 radical (unpaired) electrons. The zero-order valence-electron chi connectivity index (χ0n) is 39.4. The second-order valence-electron chi connectivity index (χ2n) is 15.6. The molecule has 21 heteroatoms. The Hall–Kier alpha value is -6.43. The Balaban J connectivity index is 1.30. The van der Waals surface area contributed by atoms with Gasteiger partial charge in [0.25, 0.3) is 23.6 Å². The lowest BCUT2D eigenvalue weighted by molar-refractivity contribution is -0.127. The molecule has 0 saturated carbocycles. The molecule has 5 rings (SSSR count). The fourth-order valence-corrected chi connectivity index (χ4v) is 7.77. The van der Waals surface area contributed by atoms with Gasteiger partial charge in [-0.3, -0.25) is 28.8 Å². The molecule has 372 valence electrons. The minimum Gasteiger partial charge on any atom is -0.492 e. The quantitative estimate of drug-likeness (QED) is 0.0314. The largest absolute Gasteiger partial charge is 0.492 e. The smallest absolute Gasteiger partial charge is 0.258 e. The number of hydrogen-bond acceptors (Lipinski definition) is 12. The molecule has 4 amide bonds. The zero-order valence-corrected chi connectivity index (χ0v) is 43.2. The van der Waals surface area contributed by atoms with Crippen LogP contribution in [0.4, 0.5) is 34.1 Å². The number of carbonyl (C=O) groups is 6. The molecule has 16 nitrogen and oxygen atoms in total. The Bertz CT molecular complexity index is 2890. The summed E-state index contributed by atoms with van der Waals surface area (Å²) in [6.45, 7) is 11.7. The molecular formula is C50H49Cl5N8O8. The molecule has 71 heavy (non-hydrogen) atoms. The minimum absolute atomic E-state index is 0.0202. The van der Waals surface area contributed by atoms with Gasteiger partial charge in [-0.1, -0.05) is 47.5 Å². The Labute approximate surface area is 435 Å². The normalized spacial score (nSPS) is 13.4. The van der Waals surface area contributed by atoms with Crippen LogP contribution in [0.3, 0.4) is 0 Å². The SMILES string of the molecule is CCOc1cccc(C(C)Cl)c1NC(=O)c1cc(N=NC(C(C)=O)C(=O)Nc2ccc(NC(=O)C(N=Nc3ccc(Cl)c(C(=O)Nc4c(OCC)cccc4C(C)Cl)c3)C(C)=O)c(C(C)Cl)c2)ccc1Cl. The van der Waals surface area contributed by atoms with Crippen molar-refractivity contribution in [1.82, 2.24) is 0 Å². The van der Waals surface area contributed by atoms with E-state index < -0.39 is 63.4 Å². The van der Waals surface area contributed by atoms with Crippen molar-refractivity contribution in [2.24, 2.45) is 20.5 Å². The van der Waals surface area contributed by atoms with Crippen LogP contribution in [-0.4, -0.2) is 60.5 Å². The number of halogens is 5. The summed E-state index contributed by atoms with van der Waals surface area (Å²) in [5.41, 5.74) is 2.93. The molecule has 0 heterocycles. The highest BCUT2D eigenvalue weighted by molar-refractivity contribution is 6.35. The first-order valence-corrected chi connectivity index (χ1v) is 24.0. The van der Waals surface area contributed by atoms with E-state index in [2.05, 4.69) is 41.7 Å². The Morgan fingerprint density at radius 3 is 1.35 bits per heavy atom. The van der Waals surface area contributed by atoms with Gasteiger partial charge in [0.05, 0.1) is 73.3 Å². The number of benzene rings is 5. The molecule has 0 bridgehead atoms. The van der Waals surface area contributed by atoms with Crippen LogP contribution in [-0.2, 0) is 19.2 Å². The monoisotopic (exact) mass is 1060 g/mol. The molecule has 0 aromatic heterocycles. The average molecular weight is 1070 g/mol. The first kappa shape index (κ1) is 55.5. The molecule has 5 atom stereocenters. The molecule has 0 saturated heterocycles. The summed E-state index contributed by atoms with van der Waals surface area (Å²) in [6, 6.07) is 20.0. The summed E-state index contributed by atoms with van der Waals surface area (Å²) >= 11 is 32.2. The third kappa shape index (κ3) is 14.6. The summed E-state index contributed by atoms with van der Waals surface area (Å²) in [7, 11) is 0. The van der Waals surface area contributed by atoms with Gasteiger partial charge in [-0.05, 0) is 132 Å². The van der Waals surface area contributed by atoms with Gasteiger partial charge >= 0.3 is 0 Å². The van der Waals surface area contributed by atoms with Crippen LogP contribution >= 0.6 is 58.0 Å². The predicted octanol–water partition coefficient (Wildman–Crippen LogP) is 13.6. The highest BCUT2D eigenvalue weighted by Gasteiger charge is 2.27. The van der Waals surface area contributed by atoms with E-state index in [9.17, 15) is 28.8 Å². The Kier molecular flexibility index (Phi) is 20.0. The van der Waals surface area contributed by atoms with E-state index in [1.165, 1.54) is 54.6 Å². The second-order valence-corrected chi connectivity index (χ2v) is 18.4. The first-order chi connectivity index (χ1) is 33.7. The number of ketones is 2. The highest BCUT2D eigenvalue weighted by atomic mass is 35.5. The predicted molar refractivity (Wildman–Crippen MR) is 279 cm³/mol.